The van der Waals surface area contributed by atoms with Gasteiger partial charge in [-0.1, -0.05) is 6.07 Å². The number of pyridine rings is 1. The molecule has 4 rings (SSSR count). The molecule has 2 saturated heterocycles. The lowest BCUT2D eigenvalue weighted by atomic mass is 10.1. The Kier molecular flexibility index (Phi) is 4.06. The maximum absolute atomic E-state index is 4.57. The summed E-state index contributed by atoms with van der Waals surface area (Å²) in [5.74, 6) is 1.98. The number of piperazine rings is 1. The maximum atomic E-state index is 4.57. The van der Waals surface area contributed by atoms with Crippen LogP contribution in [-0.2, 0) is 0 Å². The van der Waals surface area contributed by atoms with Crippen LogP contribution in [0.25, 0.3) is 0 Å². The number of rotatable bonds is 3. The zero-order valence-electron chi connectivity index (χ0n) is 14.4. The average Bonchev–Trinajstić information content (AvgIpc) is 2.54. The minimum Gasteiger partial charge on any atom is -0.354 e. The summed E-state index contributed by atoms with van der Waals surface area (Å²) in [4.78, 5) is 20.8. The Morgan fingerprint density at radius 1 is 0.917 bits per heavy atom. The lowest BCUT2D eigenvalue weighted by Crippen LogP contribution is -2.63. The van der Waals surface area contributed by atoms with Gasteiger partial charge in [0.25, 0.3) is 0 Å². The second-order valence-corrected chi connectivity index (χ2v) is 6.72. The summed E-state index contributed by atoms with van der Waals surface area (Å²) < 4.78 is 0. The summed E-state index contributed by atoms with van der Waals surface area (Å²) in [5.41, 5.74) is 2.09. The first-order valence-corrected chi connectivity index (χ1v) is 8.66. The van der Waals surface area contributed by atoms with E-state index in [4.69, 9.17) is 0 Å². The monoisotopic (exact) mass is 324 g/mol. The molecule has 0 N–H and O–H groups in total. The quantitative estimate of drug-likeness (QED) is 0.853. The van der Waals surface area contributed by atoms with E-state index >= 15 is 0 Å². The molecule has 0 unspecified atom stereocenters. The Morgan fingerprint density at radius 3 is 2.25 bits per heavy atom. The van der Waals surface area contributed by atoms with Crippen molar-refractivity contribution in [1.29, 1.82) is 0 Å². The van der Waals surface area contributed by atoms with Gasteiger partial charge in [0, 0.05) is 62.9 Å². The second-order valence-electron chi connectivity index (χ2n) is 6.72. The lowest BCUT2D eigenvalue weighted by Gasteiger charge is -2.48. The molecule has 0 bridgehead atoms. The third-order valence-electron chi connectivity index (χ3n) is 4.92. The van der Waals surface area contributed by atoms with E-state index in [0.29, 0.717) is 6.04 Å². The topological polar surface area (TPSA) is 48.4 Å². The van der Waals surface area contributed by atoms with Gasteiger partial charge in [0.15, 0.2) is 0 Å². The molecule has 24 heavy (non-hydrogen) atoms. The van der Waals surface area contributed by atoms with Crippen molar-refractivity contribution in [3.63, 3.8) is 0 Å². The van der Waals surface area contributed by atoms with Crippen LogP contribution in [0, 0.1) is 13.8 Å². The van der Waals surface area contributed by atoms with Crippen molar-refractivity contribution in [2.45, 2.75) is 19.9 Å². The highest BCUT2D eigenvalue weighted by Gasteiger charge is 2.35. The molecule has 2 aliphatic heterocycles. The van der Waals surface area contributed by atoms with E-state index in [2.05, 4.69) is 41.8 Å². The van der Waals surface area contributed by atoms with Crippen LogP contribution in [0.1, 0.15) is 11.4 Å². The molecule has 6 nitrogen and oxygen atoms in total. The van der Waals surface area contributed by atoms with Crippen molar-refractivity contribution in [2.75, 3.05) is 49.1 Å². The van der Waals surface area contributed by atoms with Crippen molar-refractivity contribution in [1.82, 2.24) is 19.9 Å². The van der Waals surface area contributed by atoms with Gasteiger partial charge in [-0.05, 0) is 32.0 Å². The molecule has 2 aromatic heterocycles. The van der Waals surface area contributed by atoms with Gasteiger partial charge in [0.05, 0.1) is 0 Å². The first-order valence-electron chi connectivity index (χ1n) is 8.66. The van der Waals surface area contributed by atoms with Crippen molar-refractivity contribution in [3.8, 4) is 0 Å². The number of aromatic nitrogens is 3. The zero-order valence-corrected chi connectivity index (χ0v) is 14.4. The standard InChI is InChI=1S/C18H24N6/c1-14-11-15(2)21-18(20-14)24-12-16(13-24)22-7-9-23(10-8-22)17-5-3-4-6-19-17/h3-6,11,16H,7-10,12-13H2,1-2H3. The number of hydrogen-bond acceptors (Lipinski definition) is 6. The molecule has 2 aromatic rings. The van der Waals surface area contributed by atoms with E-state index in [1.807, 2.05) is 32.2 Å². The van der Waals surface area contributed by atoms with Crippen LogP contribution in [0.15, 0.2) is 30.5 Å². The molecular formula is C18H24N6. The summed E-state index contributed by atoms with van der Waals surface area (Å²) in [6, 6.07) is 8.77. The fourth-order valence-corrected chi connectivity index (χ4v) is 3.56. The number of hydrogen-bond donors (Lipinski definition) is 0. The maximum Gasteiger partial charge on any atom is 0.225 e. The largest absolute Gasteiger partial charge is 0.354 e. The zero-order chi connectivity index (χ0) is 16.5. The minimum atomic E-state index is 0.625. The average molecular weight is 324 g/mol. The lowest BCUT2D eigenvalue weighted by molar-refractivity contribution is 0.156. The Bertz CT molecular complexity index is 670. The smallest absolute Gasteiger partial charge is 0.225 e. The summed E-state index contributed by atoms with van der Waals surface area (Å²) in [5, 5.41) is 0. The number of aryl methyl sites for hydroxylation is 2. The van der Waals surface area contributed by atoms with Gasteiger partial charge < -0.3 is 9.80 Å². The van der Waals surface area contributed by atoms with Gasteiger partial charge in [-0.3, -0.25) is 4.90 Å². The van der Waals surface area contributed by atoms with Gasteiger partial charge in [-0.15, -0.1) is 0 Å². The predicted molar refractivity (Wildman–Crippen MR) is 95.5 cm³/mol. The van der Waals surface area contributed by atoms with Crippen molar-refractivity contribution in [3.05, 3.63) is 41.9 Å². The normalized spacial score (nSPS) is 19.4. The second kappa shape index (κ2) is 6.36. The fraction of sp³-hybridized carbons (Fsp3) is 0.500. The highest BCUT2D eigenvalue weighted by atomic mass is 15.4. The Morgan fingerprint density at radius 2 is 1.62 bits per heavy atom. The molecule has 2 aliphatic rings. The number of anilines is 2. The van der Waals surface area contributed by atoms with Crippen LogP contribution in [-0.4, -0.2) is 65.2 Å². The molecule has 0 aliphatic carbocycles. The summed E-state index contributed by atoms with van der Waals surface area (Å²) >= 11 is 0. The molecule has 2 fully saturated rings. The third-order valence-corrected chi connectivity index (χ3v) is 4.92. The minimum absolute atomic E-state index is 0.625. The summed E-state index contributed by atoms with van der Waals surface area (Å²) in [6.07, 6.45) is 1.87. The van der Waals surface area contributed by atoms with E-state index in [9.17, 15) is 0 Å². The van der Waals surface area contributed by atoms with Crippen LogP contribution in [0.3, 0.4) is 0 Å². The third kappa shape index (κ3) is 3.06. The van der Waals surface area contributed by atoms with Crippen molar-refractivity contribution < 1.29 is 0 Å². The Hall–Kier alpha value is -2.21. The number of nitrogens with zero attached hydrogens (tertiary/aromatic N) is 6. The van der Waals surface area contributed by atoms with E-state index in [-0.39, 0.29) is 0 Å². The van der Waals surface area contributed by atoms with Crippen LogP contribution in [0.4, 0.5) is 11.8 Å². The van der Waals surface area contributed by atoms with Crippen molar-refractivity contribution in [2.24, 2.45) is 0 Å². The molecule has 0 amide bonds. The van der Waals surface area contributed by atoms with E-state index in [1.54, 1.807) is 0 Å². The molecule has 0 spiro atoms. The van der Waals surface area contributed by atoms with Crippen molar-refractivity contribution >= 4 is 11.8 Å². The molecule has 6 heteroatoms. The summed E-state index contributed by atoms with van der Waals surface area (Å²) in [6.45, 7) is 10.4. The highest BCUT2D eigenvalue weighted by Crippen LogP contribution is 2.23. The Labute approximate surface area is 143 Å². The SMILES string of the molecule is Cc1cc(C)nc(N2CC(N3CCN(c4ccccn4)CC3)C2)n1. The van der Waals surface area contributed by atoms with Crippen LogP contribution in [0.2, 0.25) is 0 Å². The van der Waals surface area contributed by atoms with Gasteiger partial charge in [-0.2, -0.15) is 0 Å². The highest BCUT2D eigenvalue weighted by molar-refractivity contribution is 5.39. The van der Waals surface area contributed by atoms with E-state index in [0.717, 1.165) is 62.4 Å². The molecular weight excluding hydrogens is 300 g/mol. The van der Waals surface area contributed by atoms with Crippen LogP contribution < -0.4 is 9.80 Å². The fourth-order valence-electron chi connectivity index (χ4n) is 3.56. The predicted octanol–water partition coefficient (Wildman–Crippen LogP) is 1.50. The van der Waals surface area contributed by atoms with E-state index in [1.165, 1.54) is 0 Å². The van der Waals surface area contributed by atoms with Gasteiger partial charge in [-0.25, -0.2) is 15.0 Å². The van der Waals surface area contributed by atoms with Gasteiger partial charge in [0.1, 0.15) is 5.82 Å². The Balaban J connectivity index is 1.31. The van der Waals surface area contributed by atoms with E-state index < -0.39 is 0 Å². The molecule has 4 heterocycles. The first kappa shape index (κ1) is 15.3. The molecule has 126 valence electrons. The first-order chi connectivity index (χ1) is 11.7. The van der Waals surface area contributed by atoms with Gasteiger partial charge in [0.2, 0.25) is 5.95 Å². The van der Waals surface area contributed by atoms with Crippen LogP contribution in [0.5, 0.6) is 0 Å². The van der Waals surface area contributed by atoms with Gasteiger partial charge >= 0.3 is 0 Å². The summed E-state index contributed by atoms with van der Waals surface area (Å²) in [7, 11) is 0. The molecule has 0 saturated carbocycles. The van der Waals surface area contributed by atoms with Crippen LogP contribution >= 0.6 is 0 Å². The molecule has 0 radical (unpaired) electrons. The molecule has 0 atom stereocenters. The molecule has 0 aromatic carbocycles.